The van der Waals surface area contributed by atoms with Crippen LogP contribution in [0.1, 0.15) is 174 Å². The maximum Gasteiger partial charge on any atom is 0.343 e. The molecule has 0 aromatic heterocycles. The van der Waals surface area contributed by atoms with Crippen molar-refractivity contribution < 1.29 is 23.8 Å². The summed E-state index contributed by atoms with van der Waals surface area (Å²) in [6.07, 6.45) is 29.8. The van der Waals surface area contributed by atoms with E-state index in [2.05, 4.69) is 28.7 Å². The number of esters is 1. The molecule has 1 aliphatic rings. The van der Waals surface area contributed by atoms with Gasteiger partial charge in [-0.25, -0.2) is 4.79 Å². The zero-order valence-corrected chi connectivity index (χ0v) is 42.9. The van der Waals surface area contributed by atoms with Gasteiger partial charge in [-0.2, -0.15) is 0 Å². The van der Waals surface area contributed by atoms with E-state index in [0.717, 1.165) is 65.7 Å². The lowest BCUT2D eigenvalue weighted by molar-refractivity contribution is 0.0731. The van der Waals surface area contributed by atoms with E-state index in [-0.39, 0.29) is 5.91 Å². The second-order valence-electron chi connectivity index (χ2n) is 19.0. The molecule has 0 bridgehead atoms. The number of aliphatic imine (C=N–C) groups is 2. The Kier molecular flexibility index (Phi) is 24.3. The molecule has 0 saturated carbocycles. The first-order valence-corrected chi connectivity index (χ1v) is 27.1. The summed E-state index contributed by atoms with van der Waals surface area (Å²) in [4.78, 5) is 39.8. The predicted octanol–water partition coefficient (Wildman–Crippen LogP) is 16.0. The van der Waals surface area contributed by atoms with Gasteiger partial charge in [0.25, 0.3) is 5.91 Å². The number of carbonyl (C=O) groups excluding carboxylic acids is 2. The van der Waals surface area contributed by atoms with Crippen molar-refractivity contribution >= 4 is 41.4 Å². The van der Waals surface area contributed by atoms with Crippen molar-refractivity contribution in [2.45, 2.75) is 142 Å². The average Bonchev–Trinajstić information content (AvgIpc) is 3.41. The minimum atomic E-state index is -0.424. The van der Waals surface area contributed by atoms with E-state index < -0.39 is 5.97 Å². The number of rotatable bonds is 32. The van der Waals surface area contributed by atoms with Crippen LogP contribution in [-0.4, -0.2) is 68.6 Å². The van der Waals surface area contributed by atoms with E-state index in [0.29, 0.717) is 43.1 Å². The number of nitrogens with zero attached hydrogens (tertiary/aromatic N) is 4. The van der Waals surface area contributed by atoms with Crippen molar-refractivity contribution in [3.8, 4) is 17.2 Å². The molecule has 378 valence electrons. The van der Waals surface area contributed by atoms with Crippen LogP contribution in [-0.2, 0) is 0 Å². The van der Waals surface area contributed by atoms with Crippen LogP contribution >= 0.6 is 0 Å². The number of carbonyl (C=O) groups is 2. The molecular formula is C62H80N4O5. The van der Waals surface area contributed by atoms with Crippen molar-refractivity contribution in [2.75, 3.05) is 44.3 Å². The lowest BCUT2D eigenvalue weighted by Crippen LogP contribution is -2.48. The average molecular weight is 961 g/mol. The van der Waals surface area contributed by atoms with Crippen LogP contribution in [0.15, 0.2) is 131 Å². The fourth-order valence-electron chi connectivity index (χ4n) is 8.77. The maximum atomic E-state index is 13.4. The Morgan fingerprint density at radius 1 is 0.437 bits per heavy atom. The van der Waals surface area contributed by atoms with Crippen molar-refractivity contribution in [3.63, 3.8) is 0 Å². The van der Waals surface area contributed by atoms with Gasteiger partial charge in [0.1, 0.15) is 17.2 Å². The fraction of sp³-hybridized carbons (Fsp3) is 0.452. The Labute approximate surface area is 425 Å². The molecule has 9 nitrogen and oxygen atoms in total. The van der Waals surface area contributed by atoms with E-state index in [1.807, 2.05) is 120 Å². The molecule has 1 aliphatic heterocycles. The third kappa shape index (κ3) is 20.2. The SMILES string of the molecule is CCCCCCCCCCCCOc1ccc(N=Cc2ccc(C(=O)Oc3ccc(N4CCN(C(=O)c5ccc(C=Nc6ccc(OCCCCCCCCCCCC)cc6)cc5)CC4)cc3)cc2)cc1. The second-order valence-corrected chi connectivity index (χ2v) is 19.0. The fourth-order valence-corrected chi connectivity index (χ4v) is 8.77. The molecule has 5 aromatic carbocycles. The standard InChI is InChI=1S/C62H80N4O5/c1-3-5-7-9-11-13-15-17-19-21-47-69-58-37-31-55(32-38-58)63-49-51-23-27-53(28-24-51)61(67)66-45-43-65(44-46-66)57-35-41-60(42-36-57)71-62(68)54-29-25-52(26-30-54)50-64-56-33-39-59(40-34-56)70-48-22-20-18-16-14-12-10-8-6-4-2/h23-42,49-50H,3-22,43-48H2,1-2H3. The Balaban J connectivity index is 0.836. The Hall–Kier alpha value is -6.22. The van der Waals surface area contributed by atoms with Gasteiger partial charge in [0.15, 0.2) is 0 Å². The summed E-state index contributed by atoms with van der Waals surface area (Å²) in [7, 11) is 0. The molecular weight excluding hydrogens is 881 g/mol. The molecule has 1 amide bonds. The molecule has 1 heterocycles. The van der Waals surface area contributed by atoms with Crippen LogP contribution in [0.4, 0.5) is 17.1 Å². The highest BCUT2D eigenvalue weighted by Gasteiger charge is 2.22. The van der Waals surface area contributed by atoms with E-state index >= 15 is 0 Å². The minimum Gasteiger partial charge on any atom is -0.494 e. The minimum absolute atomic E-state index is 0.0225. The molecule has 9 heteroatoms. The highest BCUT2D eigenvalue weighted by Crippen LogP contribution is 2.24. The molecule has 0 N–H and O–H groups in total. The highest BCUT2D eigenvalue weighted by atomic mass is 16.5. The molecule has 0 atom stereocenters. The smallest absolute Gasteiger partial charge is 0.343 e. The van der Waals surface area contributed by atoms with Crippen molar-refractivity contribution in [1.29, 1.82) is 0 Å². The van der Waals surface area contributed by atoms with Crippen molar-refractivity contribution in [1.82, 2.24) is 4.90 Å². The molecule has 0 unspecified atom stereocenters. The molecule has 71 heavy (non-hydrogen) atoms. The Bertz CT molecular complexity index is 2300. The largest absolute Gasteiger partial charge is 0.494 e. The molecule has 6 rings (SSSR count). The number of anilines is 1. The summed E-state index contributed by atoms with van der Waals surface area (Å²) in [5.74, 6) is 1.81. The van der Waals surface area contributed by atoms with Gasteiger partial charge >= 0.3 is 5.97 Å². The zero-order valence-electron chi connectivity index (χ0n) is 42.9. The number of amides is 1. The zero-order chi connectivity index (χ0) is 49.6. The lowest BCUT2D eigenvalue weighted by Gasteiger charge is -2.36. The first-order chi connectivity index (χ1) is 35.0. The number of benzene rings is 5. The molecule has 0 radical (unpaired) electrons. The van der Waals surface area contributed by atoms with Crippen LogP contribution in [0, 0.1) is 0 Å². The summed E-state index contributed by atoms with van der Waals surface area (Å²) >= 11 is 0. The predicted molar refractivity (Wildman–Crippen MR) is 294 cm³/mol. The Morgan fingerprint density at radius 3 is 1.24 bits per heavy atom. The first-order valence-electron chi connectivity index (χ1n) is 27.1. The molecule has 1 fully saturated rings. The number of hydrogen-bond acceptors (Lipinski definition) is 8. The molecule has 0 aliphatic carbocycles. The van der Waals surface area contributed by atoms with Crippen molar-refractivity contribution in [2.24, 2.45) is 9.98 Å². The monoisotopic (exact) mass is 961 g/mol. The van der Waals surface area contributed by atoms with Gasteiger partial charge in [0.2, 0.25) is 0 Å². The van der Waals surface area contributed by atoms with Crippen LogP contribution in [0.3, 0.4) is 0 Å². The second kappa shape index (κ2) is 31.9. The van der Waals surface area contributed by atoms with Gasteiger partial charge in [0, 0.05) is 49.9 Å². The lowest BCUT2D eigenvalue weighted by atomic mass is 10.1. The summed E-state index contributed by atoms with van der Waals surface area (Å²) in [5.41, 5.74) is 5.63. The van der Waals surface area contributed by atoms with E-state index in [1.54, 1.807) is 18.3 Å². The third-order valence-corrected chi connectivity index (χ3v) is 13.2. The number of unbranched alkanes of at least 4 members (excludes halogenated alkanes) is 18. The van der Waals surface area contributed by atoms with Crippen molar-refractivity contribution in [3.05, 3.63) is 144 Å². The van der Waals surface area contributed by atoms with Crippen LogP contribution in [0.25, 0.3) is 0 Å². The Morgan fingerprint density at radius 2 is 0.817 bits per heavy atom. The normalized spacial score (nSPS) is 12.8. The van der Waals surface area contributed by atoms with Gasteiger partial charge in [-0.1, -0.05) is 154 Å². The van der Waals surface area contributed by atoms with Crippen LogP contribution < -0.4 is 19.1 Å². The highest BCUT2D eigenvalue weighted by molar-refractivity contribution is 5.95. The molecule has 5 aromatic rings. The quantitative estimate of drug-likeness (QED) is 0.0184. The summed E-state index contributed by atoms with van der Waals surface area (Å²) in [6, 6.07) is 38.1. The van der Waals surface area contributed by atoms with E-state index in [4.69, 9.17) is 14.2 Å². The molecule has 1 saturated heterocycles. The van der Waals surface area contributed by atoms with Gasteiger partial charge in [-0.15, -0.1) is 0 Å². The summed E-state index contributed by atoms with van der Waals surface area (Å²) in [6.45, 7) is 8.65. The van der Waals surface area contributed by atoms with Gasteiger partial charge in [-0.05, 0) is 121 Å². The number of piperazine rings is 1. The maximum absolute atomic E-state index is 13.4. The number of hydrogen-bond donors (Lipinski definition) is 0. The first kappa shape index (κ1) is 54.1. The number of ether oxygens (including phenoxy) is 3. The summed E-state index contributed by atoms with van der Waals surface area (Å²) < 4.78 is 17.6. The van der Waals surface area contributed by atoms with Gasteiger partial charge in [-0.3, -0.25) is 14.8 Å². The van der Waals surface area contributed by atoms with Crippen LogP contribution in [0.2, 0.25) is 0 Å². The van der Waals surface area contributed by atoms with Crippen LogP contribution in [0.5, 0.6) is 17.2 Å². The van der Waals surface area contributed by atoms with E-state index in [9.17, 15) is 9.59 Å². The van der Waals surface area contributed by atoms with E-state index in [1.165, 1.54) is 116 Å². The summed E-state index contributed by atoms with van der Waals surface area (Å²) in [5, 5.41) is 0. The molecule has 0 spiro atoms. The van der Waals surface area contributed by atoms with Gasteiger partial charge < -0.3 is 24.0 Å². The topological polar surface area (TPSA) is 93.0 Å². The van der Waals surface area contributed by atoms with Gasteiger partial charge in [0.05, 0.1) is 30.2 Å². The third-order valence-electron chi connectivity index (χ3n) is 13.2.